The summed E-state index contributed by atoms with van der Waals surface area (Å²) in [4.78, 5) is 0. The fourth-order valence-corrected chi connectivity index (χ4v) is 4.71. The van der Waals surface area contributed by atoms with Crippen molar-refractivity contribution in [3.05, 3.63) is 28.7 Å². The molecule has 0 radical (unpaired) electrons. The van der Waals surface area contributed by atoms with Crippen LogP contribution < -0.4 is 5.19 Å². The van der Waals surface area contributed by atoms with Crippen LogP contribution in [-0.2, 0) is 8.85 Å². The lowest BCUT2D eigenvalue weighted by Gasteiger charge is -2.27. The van der Waals surface area contributed by atoms with Gasteiger partial charge in [0, 0.05) is 17.7 Å². The number of benzene rings is 1. The number of hydrogen-bond donors (Lipinski definition) is 0. The Morgan fingerprint density at radius 2 is 1.63 bits per heavy atom. The number of hydrogen-bond acceptors (Lipinski definition) is 2. The highest BCUT2D eigenvalue weighted by Gasteiger charge is 2.34. The van der Waals surface area contributed by atoms with Crippen LogP contribution in [0.2, 0.25) is 6.55 Å². The first kappa shape index (κ1) is 16.9. The first-order valence-electron chi connectivity index (χ1n) is 7.16. The average Bonchev–Trinajstić information content (AvgIpc) is 2.39. The van der Waals surface area contributed by atoms with Crippen molar-refractivity contribution < 1.29 is 8.85 Å². The maximum Gasteiger partial charge on any atom is 0.369 e. The third kappa shape index (κ3) is 5.77. The first-order chi connectivity index (χ1) is 9.12. The van der Waals surface area contributed by atoms with Crippen molar-refractivity contribution in [2.75, 3.05) is 13.2 Å². The van der Waals surface area contributed by atoms with E-state index in [0.717, 1.165) is 43.4 Å². The molecule has 0 heterocycles. The van der Waals surface area contributed by atoms with Crippen LogP contribution in [-0.4, -0.2) is 21.8 Å². The zero-order chi connectivity index (χ0) is 14.1. The minimum Gasteiger partial charge on any atom is -0.391 e. The zero-order valence-electron chi connectivity index (χ0n) is 12.2. The Morgan fingerprint density at radius 1 is 1.05 bits per heavy atom. The van der Waals surface area contributed by atoms with Gasteiger partial charge in [-0.3, -0.25) is 0 Å². The molecule has 0 saturated carbocycles. The lowest BCUT2D eigenvalue weighted by atomic mass is 10.4. The van der Waals surface area contributed by atoms with E-state index in [1.165, 1.54) is 5.19 Å². The molecule has 0 aromatic heterocycles. The molecule has 0 N–H and O–H groups in total. The van der Waals surface area contributed by atoms with Crippen LogP contribution in [0.4, 0.5) is 0 Å². The summed E-state index contributed by atoms with van der Waals surface area (Å²) in [5.74, 6) is 0. The normalized spacial score (nSPS) is 11.8. The molecule has 0 saturated heterocycles. The molecule has 0 fully saturated rings. The molecular formula is C15H25BrO2Si. The molecule has 0 unspecified atom stereocenters. The summed E-state index contributed by atoms with van der Waals surface area (Å²) in [6, 6.07) is 8.34. The lowest BCUT2D eigenvalue weighted by Crippen LogP contribution is -2.51. The van der Waals surface area contributed by atoms with Crippen LogP contribution in [0.15, 0.2) is 28.7 Å². The minimum absolute atomic E-state index is 0.790. The molecule has 0 aliphatic rings. The summed E-state index contributed by atoms with van der Waals surface area (Å²) in [6.45, 7) is 8.09. The van der Waals surface area contributed by atoms with Crippen LogP contribution in [0.1, 0.15) is 39.5 Å². The van der Waals surface area contributed by atoms with E-state index >= 15 is 0 Å². The molecule has 1 aromatic rings. The van der Waals surface area contributed by atoms with Crippen LogP contribution in [0, 0.1) is 0 Å². The largest absolute Gasteiger partial charge is 0.391 e. The van der Waals surface area contributed by atoms with E-state index in [4.69, 9.17) is 8.85 Å². The van der Waals surface area contributed by atoms with Gasteiger partial charge in [-0.05, 0) is 36.7 Å². The van der Waals surface area contributed by atoms with E-state index in [1.807, 2.05) is 6.07 Å². The lowest BCUT2D eigenvalue weighted by molar-refractivity contribution is 0.181. The van der Waals surface area contributed by atoms with Crippen molar-refractivity contribution in [2.45, 2.75) is 46.1 Å². The van der Waals surface area contributed by atoms with Crippen molar-refractivity contribution in [3.8, 4) is 0 Å². The Morgan fingerprint density at radius 3 is 2.11 bits per heavy atom. The molecule has 108 valence electrons. The molecule has 1 aromatic carbocycles. The first-order valence-corrected chi connectivity index (χ1v) is 10.3. The fraction of sp³-hybridized carbons (Fsp3) is 0.600. The van der Waals surface area contributed by atoms with Gasteiger partial charge >= 0.3 is 8.56 Å². The molecule has 2 nitrogen and oxygen atoms in total. The standard InChI is InChI=1S/C15H25BrO2Si/c1-4-6-11-17-19(3,18-12-7-5-2)15-10-8-9-14(16)13-15/h8-10,13H,4-7,11-12H2,1-3H3. The molecule has 0 amide bonds. The van der Waals surface area contributed by atoms with E-state index < -0.39 is 8.56 Å². The van der Waals surface area contributed by atoms with E-state index in [9.17, 15) is 0 Å². The highest BCUT2D eigenvalue weighted by molar-refractivity contribution is 9.10. The number of rotatable bonds is 9. The van der Waals surface area contributed by atoms with Gasteiger partial charge in [-0.1, -0.05) is 54.8 Å². The van der Waals surface area contributed by atoms with Gasteiger partial charge in [0.25, 0.3) is 0 Å². The average molecular weight is 345 g/mol. The summed E-state index contributed by atoms with van der Waals surface area (Å²) in [6.07, 6.45) is 4.48. The monoisotopic (exact) mass is 344 g/mol. The Bertz CT molecular complexity index is 361. The fourth-order valence-electron chi connectivity index (χ4n) is 1.80. The number of halogens is 1. The van der Waals surface area contributed by atoms with Crippen molar-refractivity contribution in [1.82, 2.24) is 0 Å². The third-order valence-electron chi connectivity index (χ3n) is 3.10. The predicted molar refractivity (Wildman–Crippen MR) is 87.1 cm³/mol. The Balaban J connectivity index is 2.77. The highest BCUT2D eigenvalue weighted by atomic mass is 79.9. The van der Waals surface area contributed by atoms with E-state index in [2.05, 4.69) is 54.5 Å². The summed E-state index contributed by atoms with van der Waals surface area (Å²) in [7, 11) is -2.26. The molecule has 0 atom stereocenters. The maximum atomic E-state index is 6.15. The predicted octanol–water partition coefficient (Wildman–Crippen LogP) is 4.36. The molecule has 0 spiro atoms. The van der Waals surface area contributed by atoms with E-state index in [-0.39, 0.29) is 0 Å². The maximum absolute atomic E-state index is 6.15. The molecule has 4 heteroatoms. The highest BCUT2D eigenvalue weighted by Crippen LogP contribution is 2.14. The second-order valence-electron chi connectivity index (χ2n) is 4.86. The van der Waals surface area contributed by atoms with Crippen molar-refractivity contribution in [2.24, 2.45) is 0 Å². The Kier molecular flexibility index (Phi) is 7.91. The second-order valence-corrected chi connectivity index (χ2v) is 8.82. The summed E-state index contributed by atoms with van der Waals surface area (Å²) in [5, 5.41) is 1.20. The van der Waals surface area contributed by atoms with Crippen LogP contribution in [0.3, 0.4) is 0 Å². The Labute approximate surface area is 126 Å². The van der Waals surface area contributed by atoms with Crippen LogP contribution in [0.5, 0.6) is 0 Å². The molecule has 0 aliphatic heterocycles. The van der Waals surface area contributed by atoms with E-state index in [1.54, 1.807) is 0 Å². The minimum atomic E-state index is -2.26. The van der Waals surface area contributed by atoms with Gasteiger partial charge in [0.15, 0.2) is 0 Å². The Hall–Kier alpha value is -0.163. The summed E-state index contributed by atoms with van der Waals surface area (Å²) < 4.78 is 13.4. The molecule has 19 heavy (non-hydrogen) atoms. The van der Waals surface area contributed by atoms with Crippen LogP contribution >= 0.6 is 15.9 Å². The molecular weight excluding hydrogens is 320 g/mol. The second kappa shape index (κ2) is 8.90. The van der Waals surface area contributed by atoms with E-state index in [0.29, 0.717) is 0 Å². The molecule has 0 bridgehead atoms. The van der Waals surface area contributed by atoms with Gasteiger partial charge in [-0.2, -0.15) is 0 Å². The van der Waals surface area contributed by atoms with Gasteiger partial charge < -0.3 is 8.85 Å². The van der Waals surface area contributed by atoms with Gasteiger partial charge in [-0.25, -0.2) is 0 Å². The smallest absolute Gasteiger partial charge is 0.369 e. The summed E-state index contributed by atoms with van der Waals surface area (Å²) >= 11 is 3.53. The molecule has 1 rings (SSSR count). The van der Waals surface area contributed by atoms with Crippen molar-refractivity contribution in [3.63, 3.8) is 0 Å². The van der Waals surface area contributed by atoms with Crippen molar-refractivity contribution >= 4 is 29.7 Å². The SMILES string of the molecule is CCCCO[Si](C)(OCCCC)c1cccc(Br)c1. The van der Waals surface area contributed by atoms with Gasteiger partial charge in [0.05, 0.1) is 0 Å². The van der Waals surface area contributed by atoms with Gasteiger partial charge in [-0.15, -0.1) is 0 Å². The van der Waals surface area contributed by atoms with Gasteiger partial charge in [0.1, 0.15) is 0 Å². The summed E-state index contributed by atoms with van der Waals surface area (Å²) in [5.41, 5.74) is 0. The zero-order valence-corrected chi connectivity index (χ0v) is 14.8. The quantitative estimate of drug-likeness (QED) is 0.489. The van der Waals surface area contributed by atoms with Crippen molar-refractivity contribution in [1.29, 1.82) is 0 Å². The molecule has 0 aliphatic carbocycles. The number of unbranched alkanes of at least 4 members (excludes halogenated alkanes) is 2. The third-order valence-corrected chi connectivity index (χ3v) is 6.46. The topological polar surface area (TPSA) is 18.5 Å². The van der Waals surface area contributed by atoms with Crippen LogP contribution in [0.25, 0.3) is 0 Å². The van der Waals surface area contributed by atoms with Gasteiger partial charge in [0.2, 0.25) is 0 Å².